The van der Waals surface area contributed by atoms with Crippen LogP contribution < -0.4 is 16.4 Å². The van der Waals surface area contributed by atoms with Crippen molar-refractivity contribution in [2.75, 3.05) is 19.6 Å². The fraction of sp³-hybridized carbons (Fsp3) is 0.478. The Morgan fingerprint density at radius 2 is 1.88 bits per heavy atom. The molecule has 1 aromatic rings. The van der Waals surface area contributed by atoms with E-state index in [1.54, 1.807) is 35.2 Å². The molecule has 1 aliphatic heterocycles. The van der Waals surface area contributed by atoms with E-state index in [-0.39, 0.29) is 36.9 Å². The van der Waals surface area contributed by atoms with Gasteiger partial charge in [-0.2, -0.15) is 0 Å². The summed E-state index contributed by atoms with van der Waals surface area (Å²) in [5.74, 6) is -1.93. The quantitative estimate of drug-likeness (QED) is 0.360. The Hall–Kier alpha value is -3.40. The lowest BCUT2D eigenvalue weighted by Crippen LogP contribution is -2.50. The Kier molecular flexibility index (Phi) is 10.4. The second kappa shape index (κ2) is 13.2. The van der Waals surface area contributed by atoms with E-state index in [0.29, 0.717) is 38.8 Å². The van der Waals surface area contributed by atoms with Gasteiger partial charge in [0, 0.05) is 38.0 Å². The average Bonchev–Trinajstić information content (AvgIpc) is 2.83. The molecule has 10 heteroatoms. The molecule has 0 aliphatic carbocycles. The fourth-order valence-electron chi connectivity index (χ4n) is 3.41. The number of carboxylic acids is 1. The van der Waals surface area contributed by atoms with Crippen LogP contribution in [0, 0.1) is 5.92 Å². The molecule has 1 heterocycles. The van der Waals surface area contributed by atoms with Crippen molar-refractivity contribution in [3.8, 4) is 0 Å². The minimum atomic E-state index is -1.33. The highest BCUT2D eigenvalue weighted by Gasteiger charge is 2.29. The largest absolute Gasteiger partial charge is 0.480 e. The maximum atomic E-state index is 12.5. The number of carboxylic acid groups (broad SMARTS) is 1. The lowest BCUT2D eigenvalue weighted by molar-refractivity contribution is -0.140. The van der Waals surface area contributed by atoms with Crippen molar-refractivity contribution in [2.24, 2.45) is 11.7 Å². The topological polar surface area (TPSA) is 151 Å². The first kappa shape index (κ1) is 25.9. The zero-order valence-electron chi connectivity index (χ0n) is 18.6. The Morgan fingerprint density at radius 1 is 1.21 bits per heavy atom. The summed E-state index contributed by atoms with van der Waals surface area (Å²) in [5, 5.41) is 14.2. The van der Waals surface area contributed by atoms with Crippen molar-refractivity contribution in [3.63, 3.8) is 0 Å². The molecule has 1 aliphatic rings. The zero-order valence-corrected chi connectivity index (χ0v) is 18.6. The van der Waals surface area contributed by atoms with Crippen LogP contribution in [0.1, 0.15) is 31.2 Å². The van der Waals surface area contributed by atoms with Gasteiger partial charge in [0.25, 0.3) is 0 Å². The van der Waals surface area contributed by atoms with Crippen LogP contribution in [0.15, 0.2) is 43.0 Å². The van der Waals surface area contributed by atoms with Gasteiger partial charge in [0.2, 0.25) is 11.8 Å². The van der Waals surface area contributed by atoms with Crippen LogP contribution in [-0.4, -0.2) is 65.6 Å². The number of nitrogens with two attached hydrogens (primary N) is 1. The number of nitrogens with one attached hydrogen (secondary N) is 2. The average molecular weight is 461 g/mol. The lowest BCUT2D eigenvalue weighted by Gasteiger charge is -2.31. The predicted molar refractivity (Wildman–Crippen MR) is 121 cm³/mol. The van der Waals surface area contributed by atoms with Crippen LogP contribution in [-0.2, 0) is 25.7 Å². The molecule has 2 atom stereocenters. The van der Waals surface area contributed by atoms with Crippen LogP contribution in [0.3, 0.4) is 0 Å². The molecular weight excluding hydrogens is 428 g/mol. The number of carbonyl (C=O) groups is 4. The number of hydrogen-bond acceptors (Lipinski definition) is 6. The van der Waals surface area contributed by atoms with E-state index in [1.807, 2.05) is 6.07 Å². The van der Waals surface area contributed by atoms with E-state index in [0.717, 1.165) is 5.56 Å². The van der Waals surface area contributed by atoms with Crippen LogP contribution in [0.4, 0.5) is 4.79 Å². The Balaban J connectivity index is 1.72. The Labute approximate surface area is 193 Å². The van der Waals surface area contributed by atoms with E-state index in [1.165, 1.54) is 0 Å². The third kappa shape index (κ3) is 8.93. The number of alkyl carbamates (subject to hydrolysis) is 1. The maximum Gasteiger partial charge on any atom is 0.408 e. The van der Waals surface area contributed by atoms with Gasteiger partial charge in [-0.25, -0.2) is 9.59 Å². The lowest BCUT2D eigenvalue weighted by atomic mass is 9.95. The summed E-state index contributed by atoms with van der Waals surface area (Å²) in [5.41, 5.74) is 6.51. The highest BCUT2D eigenvalue weighted by Crippen LogP contribution is 2.18. The Morgan fingerprint density at radius 3 is 2.48 bits per heavy atom. The van der Waals surface area contributed by atoms with E-state index in [4.69, 9.17) is 10.5 Å². The zero-order chi connectivity index (χ0) is 24.2. The molecule has 0 aromatic heterocycles. The fourth-order valence-corrected chi connectivity index (χ4v) is 3.41. The first-order valence-electron chi connectivity index (χ1n) is 10.9. The van der Waals surface area contributed by atoms with Gasteiger partial charge in [-0.15, -0.1) is 6.58 Å². The number of benzene rings is 1. The molecule has 1 saturated heterocycles. The third-order valence-corrected chi connectivity index (χ3v) is 5.50. The van der Waals surface area contributed by atoms with Gasteiger partial charge < -0.3 is 31.1 Å². The normalized spacial score (nSPS) is 15.7. The summed E-state index contributed by atoms with van der Waals surface area (Å²) in [7, 11) is 0. The summed E-state index contributed by atoms with van der Waals surface area (Å²) < 4.78 is 5.03. The Bertz CT molecular complexity index is 824. The number of ether oxygens (including phenoxy) is 1. The SMILES string of the molecule is C=CC(N)CCC(=O)N1CCC(C(=O)NC[C@H](NC(=O)OCc2ccccc2)C(=O)O)CC1. The molecule has 1 unspecified atom stereocenters. The van der Waals surface area contributed by atoms with Gasteiger partial charge in [-0.05, 0) is 24.8 Å². The van der Waals surface area contributed by atoms with Crippen molar-refractivity contribution in [1.82, 2.24) is 15.5 Å². The number of nitrogens with zero attached hydrogens (tertiary/aromatic N) is 1. The molecular formula is C23H32N4O6. The van der Waals surface area contributed by atoms with E-state index >= 15 is 0 Å². The molecule has 5 N–H and O–H groups in total. The summed E-state index contributed by atoms with van der Waals surface area (Å²) in [6.45, 7) is 4.23. The van der Waals surface area contributed by atoms with E-state index in [9.17, 15) is 24.3 Å². The highest BCUT2D eigenvalue weighted by atomic mass is 16.5. The van der Waals surface area contributed by atoms with Gasteiger partial charge in [0.1, 0.15) is 12.6 Å². The number of likely N-dealkylation sites (tertiary alicyclic amines) is 1. The highest BCUT2D eigenvalue weighted by molar-refractivity contribution is 5.83. The number of rotatable bonds is 11. The molecule has 0 radical (unpaired) electrons. The molecule has 0 spiro atoms. The summed E-state index contributed by atoms with van der Waals surface area (Å²) in [6, 6.07) is 7.43. The van der Waals surface area contributed by atoms with Gasteiger partial charge in [-0.3, -0.25) is 9.59 Å². The van der Waals surface area contributed by atoms with E-state index in [2.05, 4.69) is 17.2 Å². The van der Waals surface area contributed by atoms with Crippen molar-refractivity contribution in [1.29, 1.82) is 0 Å². The first-order valence-corrected chi connectivity index (χ1v) is 10.9. The predicted octanol–water partition coefficient (Wildman–Crippen LogP) is 1.01. The number of amides is 3. The standard InChI is InChI=1S/C23H32N4O6/c1-2-18(24)8-9-20(28)27-12-10-17(11-13-27)21(29)25-14-19(22(30)31)26-23(32)33-15-16-6-4-3-5-7-16/h2-7,17-19H,1,8-15,24H2,(H,25,29)(H,26,32)(H,30,31)/t18?,19-/m0/s1. The van der Waals surface area contributed by atoms with Crippen LogP contribution in [0.25, 0.3) is 0 Å². The summed E-state index contributed by atoms with van der Waals surface area (Å²) >= 11 is 0. The molecule has 1 aromatic carbocycles. The molecule has 180 valence electrons. The summed E-state index contributed by atoms with van der Waals surface area (Å²) in [6.07, 6.45) is 2.54. The number of aliphatic carboxylic acids is 1. The van der Waals surface area contributed by atoms with Crippen LogP contribution in [0.2, 0.25) is 0 Å². The molecule has 10 nitrogen and oxygen atoms in total. The second-order valence-electron chi connectivity index (χ2n) is 7.94. The van der Waals surface area contributed by atoms with Gasteiger partial charge in [0.15, 0.2) is 0 Å². The number of hydrogen-bond donors (Lipinski definition) is 4. The molecule has 1 fully saturated rings. The molecule has 2 rings (SSSR count). The van der Waals surface area contributed by atoms with Crippen molar-refractivity contribution in [3.05, 3.63) is 48.6 Å². The molecule has 3 amide bonds. The van der Waals surface area contributed by atoms with Crippen molar-refractivity contribution < 1.29 is 29.0 Å². The molecule has 0 saturated carbocycles. The number of piperidine rings is 1. The van der Waals surface area contributed by atoms with E-state index < -0.39 is 18.1 Å². The first-order chi connectivity index (χ1) is 15.8. The number of carbonyl (C=O) groups excluding carboxylic acids is 3. The minimum Gasteiger partial charge on any atom is -0.480 e. The van der Waals surface area contributed by atoms with Crippen molar-refractivity contribution in [2.45, 2.75) is 44.4 Å². The monoisotopic (exact) mass is 460 g/mol. The van der Waals surface area contributed by atoms with Crippen LogP contribution >= 0.6 is 0 Å². The van der Waals surface area contributed by atoms with Crippen LogP contribution in [0.5, 0.6) is 0 Å². The van der Waals surface area contributed by atoms with Gasteiger partial charge in [0.05, 0.1) is 0 Å². The molecule has 0 bridgehead atoms. The maximum absolute atomic E-state index is 12.5. The third-order valence-electron chi connectivity index (χ3n) is 5.50. The van der Waals surface area contributed by atoms with Crippen molar-refractivity contribution >= 4 is 23.9 Å². The smallest absolute Gasteiger partial charge is 0.408 e. The van der Waals surface area contributed by atoms with Gasteiger partial charge >= 0.3 is 12.1 Å². The van der Waals surface area contributed by atoms with Gasteiger partial charge in [-0.1, -0.05) is 36.4 Å². The second-order valence-corrected chi connectivity index (χ2v) is 7.94. The molecule has 33 heavy (non-hydrogen) atoms. The minimum absolute atomic E-state index is 0.00217. The summed E-state index contributed by atoms with van der Waals surface area (Å²) in [4.78, 5) is 49.8.